The maximum atomic E-state index is 4.55. The van der Waals surface area contributed by atoms with Crippen molar-refractivity contribution >= 4 is 5.71 Å². The van der Waals surface area contributed by atoms with Gasteiger partial charge >= 0.3 is 0 Å². The molecule has 0 aromatic carbocycles. The first-order chi connectivity index (χ1) is 5.22. The van der Waals surface area contributed by atoms with Crippen molar-refractivity contribution in [3.8, 4) is 0 Å². The smallest absolute Gasteiger partial charge is 0.0386 e. The minimum absolute atomic E-state index is 0.640. The molecule has 0 radical (unpaired) electrons. The lowest BCUT2D eigenvalue weighted by Gasteiger charge is -2.08. The average molecular weight is 155 g/mol. The van der Waals surface area contributed by atoms with Crippen LogP contribution in [0.15, 0.2) is 4.99 Å². The average Bonchev–Trinajstić information content (AvgIpc) is 1.97. The maximum Gasteiger partial charge on any atom is 0.0386 e. The van der Waals surface area contributed by atoms with Crippen molar-refractivity contribution in [2.45, 2.75) is 47.0 Å². The van der Waals surface area contributed by atoms with Crippen LogP contribution in [0.2, 0.25) is 0 Å². The van der Waals surface area contributed by atoms with Crippen molar-refractivity contribution in [2.24, 2.45) is 10.9 Å². The molecule has 0 aliphatic rings. The molecular formula is C10H21N. The van der Waals surface area contributed by atoms with E-state index in [0.29, 0.717) is 5.92 Å². The fourth-order valence-electron chi connectivity index (χ4n) is 1.06. The first-order valence-electron chi connectivity index (χ1n) is 4.75. The largest absolute Gasteiger partial charge is 0.294 e. The Morgan fingerprint density at radius 2 is 1.82 bits per heavy atom. The van der Waals surface area contributed by atoms with E-state index in [1.807, 2.05) is 0 Å². The lowest BCUT2D eigenvalue weighted by Crippen LogP contribution is -2.07. The third-order valence-corrected chi connectivity index (χ3v) is 1.71. The van der Waals surface area contributed by atoms with Gasteiger partial charge in [-0.2, -0.15) is 0 Å². The molecule has 0 amide bonds. The lowest BCUT2D eigenvalue weighted by molar-refractivity contribution is 0.804. The van der Waals surface area contributed by atoms with Gasteiger partial charge in [0.15, 0.2) is 0 Å². The summed E-state index contributed by atoms with van der Waals surface area (Å²) in [6, 6.07) is 0. The van der Waals surface area contributed by atoms with Crippen LogP contribution in [0.1, 0.15) is 47.0 Å². The third kappa shape index (κ3) is 5.00. The summed E-state index contributed by atoms with van der Waals surface area (Å²) >= 11 is 0. The summed E-state index contributed by atoms with van der Waals surface area (Å²) in [5, 5.41) is 0. The van der Waals surface area contributed by atoms with E-state index in [4.69, 9.17) is 0 Å². The molecule has 1 nitrogen and oxygen atoms in total. The zero-order valence-corrected chi connectivity index (χ0v) is 8.35. The van der Waals surface area contributed by atoms with Gasteiger partial charge in [0.2, 0.25) is 0 Å². The second-order valence-corrected chi connectivity index (χ2v) is 3.28. The molecule has 1 heteroatoms. The Morgan fingerprint density at radius 3 is 2.18 bits per heavy atom. The monoisotopic (exact) mass is 155 g/mol. The Balaban J connectivity index is 3.86. The predicted molar refractivity (Wildman–Crippen MR) is 52.3 cm³/mol. The van der Waals surface area contributed by atoms with Crippen LogP contribution in [0, 0.1) is 5.92 Å². The van der Waals surface area contributed by atoms with E-state index < -0.39 is 0 Å². The molecule has 0 saturated carbocycles. The van der Waals surface area contributed by atoms with Crippen molar-refractivity contribution in [3.05, 3.63) is 0 Å². The maximum absolute atomic E-state index is 4.55. The van der Waals surface area contributed by atoms with Crippen molar-refractivity contribution < 1.29 is 0 Å². The summed E-state index contributed by atoms with van der Waals surface area (Å²) in [5.41, 5.74) is 1.40. The molecule has 0 aromatic rings. The minimum atomic E-state index is 0.640. The van der Waals surface area contributed by atoms with Crippen LogP contribution in [0.5, 0.6) is 0 Å². The van der Waals surface area contributed by atoms with Gasteiger partial charge in [0.25, 0.3) is 0 Å². The van der Waals surface area contributed by atoms with E-state index in [2.05, 4.69) is 32.7 Å². The van der Waals surface area contributed by atoms with Gasteiger partial charge in [-0.15, -0.1) is 0 Å². The Labute approximate surface area is 70.9 Å². The van der Waals surface area contributed by atoms with Gasteiger partial charge in [0.1, 0.15) is 0 Å². The summed E-state index contributed by atoms with van der Waals surface area (Å²) in [4.78, 5) is 4.55. The molecule has 0 saturated heterocycles. The zero-order valence-electron chi connectivity index (χ0n) is 8.35. The van der Waals surface area contributed by atoms with E-state index in [0.717, 1.165) is 6.54 Å². The molecule has 0 aliphatic heterocycles. The van der Waals surface area contributed by atoms with Gasteiger partial charge in [-0.05, 0) is 18.8 Å². The first-order valence-corrected chi connectivity index (χ1v) is 4.75. The van der Waals surface area contributed by atoms with Crippen molar-refractivity contribution in [2.75, 3.05) is 6.54 Å². The predicted octanol–water partition coefficient (Wildman–Crippen LogP) is 3.29. The number of rotatable bonds is 5. The molecule has 0 aliphatic carbocycles. The molecule has 0 spiro atoms. The summed E-state index contributed by atoms with van der Waals surface area (Å²) in [6.45, 7) is 9.85. The summed E-state index contributed by atoms with van der Waals surface area (Å²) in [5.74, 6) is 0.640. The van der Waals surface area contributed by atoms with E-state index in [9.17, 15) is 0 Å². The number of hydrogen-bond acceptors (Lipinski definition) is 1. The van der Waals surface area contributed by atoms with Gasteiger partial charge in [-0.25, -0.2) is 0 Å². The Morgan fingerprint density at radius 1 is 1.18 bits per heavy atom. The SMILES string of the molecule is CCCN=C(CCC)C(C)C. The van der Waals surface area contributed by atoms with Crippen LogP contribution < -0.4 is 0 Å². The molecule has 0 atom stereocenters. The molecule has 0 rings (SSSR count). The summed E-state index contributed by atoms with van der Waals surface area (Å²) < 4.78 is 0. The van der Waals surface area contributed by atoms with Crippen molar-refractivity contribution in [1.82, 2.24) is 0 Å². The highest BCUT2D eigenvalue weighted by Crippen LogP contribution is 2.04. The summed E-state index contributed by atoms with van der Waals surface area (Å²) in [6.07, 6.45) is 3.57. The normalized spacial score (nSPS) is 12.6. The molecule has 11 heavy (non-hydrogen) atoms. The van der Waals surface area contributed by atoms with Gasteiger partial charge in [0.05, 0.1) is 0 Å². The molecule has 0 N–H and O–H groups in total. The molecule has 0 heterocycles. The second kappa shape index (κ2) is 6.38. The molecule has 0 fully saturated rings. The third-order valence-electron chi connectivity index (χ3n) is 1.71. The van der Waals surface area contributed by atoms with Crippen LogP contribution in [-0.2, 0) is 0 Å². The first kappa shape index (κ1) is 10.7. The van der Waals surface area contributed by atoms with Crippen LogP contribution in [0.4, 0.5) is 0 Å². The molecule has 0 aromatic heterocycles. The molecule has 66 valence electrons. The van der Waals surface area contributed by atoms with Gasteiger partial charge in [0, 0.05) is 12.3 Å². The van der Waals surface area contributed by atoms with Crippen LogP contribution in [0.3, 0.4) is 0 Å². The van der Waals surface area contributed by atoms with Gasteiger partial charge in [-0.3, -0.25) is 4.99 Å². The standard InChI is InChI=1S/C10H21N/c1-5-7-10(9(3)4)11-8-6-2/h9H,5-8H2,1-4H3. The topological polar surface area (TPSA) is 12.4 Å². The van der Waals surface area contributed by atoms with E-state index >= 15 is 0 Å². The highest BCUT2D eigenvalue weighted by molar-refractivity contribution is 5.86. The van der Waals surface area contributed by atoms with Crippen LogP contribution in [-0.4, -0.2) is 12.3 Å². The Kier molecular flexibility index (Phi) is 6.19. The van der Waals surface area contributed by atoms with Crippen LogP contribution >= 0.6 is 0 Å². The molecule has 0 bridgehead atoms. The zero-order chi connectivity index (χ0) is 8.69. The number of nitrogens with zero attached hydrogens (tertiary/aromatic N) is 1. The highest BCUT2D eigenvalue weighted by atomic mass is 14.7. The highest BCUT2D eigenvalue weighted by Gasteiger charge is 2.01. The van der Waals surface area contributed by atoms with E-state index in [1.165, 1.54) is 25.0 Å². The van der Waals surface area contributed by atoms with Crippen LogP contribution in [0.25, 0.3) is 0 Å². The second-order valence-electron chi connectivity index (χ2n) is 3.28. The fraction of sp³-hybridized carbons (Fsp3) is 0.900. The van der Waals surface area contributed by atoms with E-state index in [-0.39, 0.29) is 0 Å². The van der Waals surface area contributed by atoms with Gasteiger partial charge < -0.3 is 0 Å². The lowest BCUT2D eigenvalue weighted by atomic mass is 10.0. The number of hydrogen-bond donors (Lipinski definition) is 0. The van der Waals surface area contributed by atoms with Crippen molar-refractivity contribution in [3.63, 3.8) is 0 Å². The number of aliphatic imine (C=N–C) groups is 1. The van der Waals surface area contributed by atoms with E-state index in [1.54, 1.807) is 0 Å². The molecular weight excluding hydrogens is 134 g/mol. The van der Waals surface area contributed by atoms with Gasteiger partial charge in [-0.1, -0.05) is 34.1 Å². The fourth-order valence-corrected chi connectivity index (χ4v) is 1.06. The summed E-state index contributed by atoms with van der Waals surface area (Å²) in [7, 11) is 0. The molecule has 0 unspecified atom stereocenters. The quantitative estimate of drug-likeness (QED) is 0.540. The minimum Gasteiger partial charge on any atom is -0.294 e. The Bertz CT molecular complexity index is 114. The van der Waals surface area contributed by atoms with Crippen molar-refractivity contribution in [1.29, 1.82) is 0 Å². The Hall–Kier alpha value is -0.330.